The molecule has 0 fully saturated rings. The molecule has 5 heteroatoms. The van der Waals surface area contributed by atoms with Crippen LogP contribution in [-0.4, -0.2) is 17.0 Å². The van der Waals surface area contributed by atoms with Crippen LogP contribution in [0, 0.1) is 6.92 Å². The smallest absolute Gasteiger partial charge is 0.337 e. The summed E-state index contributed by atoms with van der Waals surface area (Å²) in [6, 6.07) is 3.15. The number of hydrogen-bond acceptors (Lipinski definition) is 2. The standard InChI is InChI=1S/C10H10BrNO3/c1-5-3-4-7(10(14)15)9(8(5)11)12-6(2)13/h3-4H,1-2H3,(H,12,13)(H,14,15). The number of carboxylic acids is 1. The molecule has 80 valence electrons. The molecule has 0 aromatic heterocycles. The van der Waals surface area contributed by atoms with E-state index in [2.05, 4.69) is 21.2 Å². The SMILES string of the molecule is CC(=O)Nc1c(C(=O)O)ccc(C)c1Br. The van der Waals surface area contributed by atoms with E-state index in [-0.39, 0.29) is 11.5 Å². The van der Waals surface area contributed by atoms with Crippen LogP contribution in [0.3, 0.4) is 0 Å². The fourth-order valence-corrected chi connectivity index (χ4v) is 1.60. The highest BCUT2D eigenvalue weighted by molar-refractivity contribution is 9.10. The summed E-state index contributed by atoms with van der Waals surface area (Å²) in [5.74, 6) is -1.37. The lowest BCUT2D eigenvalue weighted by Crippen LogP contribution is -2.12. The zero-order valence-electron chi connectivity index (χ0n) is 8.30. The molecule has 1 aromatic rings. The number of carboxylic acid groups (broad SMARTS) is 1. The minimum atomic E-state index is -1.07. The number of aromatic carboxylic acids is 1. The quantitative estimate of drug-likeness (QED) is 0.868. The Balaban J connectivity index is 3.34. The molecule has 0 saturated heterocycles. The van der Waals surface area contributed by atoms with Crippen molar-refractivity contribution in [3.05, 3.63) is 27.7 Å². The van der Waals surface area contributed by atoms with Gasteiger partial charge < -0.3 is 10.4 Å². The second-order valence-corrected chi connectivity index (χ2v) is 3.90. The number of nitrogens with one attached hydrogen (secondary N) is 1. The first-order valence-electron chi connectivity index (χ1n) is 4.23. The first-order chi connectivity index (χ1) is 6.93. The first kappa shape index (κ1) is 11.7. The minimum absolute atomic E-state index is 0.0719. The summed E-state index contributed by atoms with van der Waals surface area (Å²) in [6.45, 7) is 3.15. The molecule has 4 nitrogen and oxygen atoms in total. The molecule has 0 aliphatic carbocycles. The molecule has 0 atom stereocenters. The molecule has 0 saturated carbocycles. The Labute approximate surface area is 95.4 Å². The topological polar surface area (TPSA) is 66.4 Å². The maximum atomic E-state index is 10.9. The van der Waals surface area contributed by atoms with Crippen LogP contribution in [0.4, 0.5) is 5.69 Å². The monoisotopic (exact) mass is 271 g/mol. The van der Waals surface area contributed by atoms with E-state index >= 15 is 0 Å². The Hall–Kier alpha value is -1.36. The summed E-state index contributed by atoms with van der Waals surface area (Å²) in [4.78, 5) is 21.8. The molecule has 1 aromatic carbocycles. The van der Waals surface area contributed by atoms with Gasteiger partial charge in [0.15, 0.2) is 0 Å². The van der Waals surface area contributed by atoms with E-state index in [1.165, 1.54) is 13.0 Å². The van der Waals surface area contributed by atoms with Crippen molar-refractivity contribution in [3.8, 4) is 0 Å². The molecule has 0 aliphatic heterocycles. The fraction of sp³-hybridized carbons (Fsp3) is 0.200. The van der Waals surface area contributed by atoms with Crippen LogP contribution in [0.2, 0.25) is 0 Å². The number of carbonyl (C=O) groups is 2. The highest BCUT2D eigenvalue weighted by atomic mass is 79.9. The second kappa shape index (κ2) is 4.44. The summed E-state index contributed by atoms with van der Waals surface area (Å²) < 4.78 is 0.595. The number of aryl methyl sites for hydroxylation is 1. The number of benzene rings is 1. The lowest BCUT2D eigenvalue weighted by atomic mass is 10.1. The third-order valence-corrected chi connectivity index (χ3v) is 2.89. The van der Waals surface area contributed by atoms with Crippen LogP contribution >= 0.6 is 15.9 Å². The number of anilines is 1. The lowest BCUT2D eigenvalue weighted by Gasteiger charge is -2.10. The Kier molecular flexibility index (Phi) is 3.47. The van der Waals surface area contributed by atoms with E-state index in [0.29, 0.717) is 10.2 Å². The largest absolute Gasteiger partial charge is 0.478 e. The molecule has 1 rings (SSSR count). The molecule has 0 unspecified atom stereocenters. The van der Waals surface area contributed by atoms with Gasteiger partial charge in [0.2, 0.25) is 5.91 Å². The number of rotatable bonds is 2. The normalized spacial score (nSPS) is 9.80. The van der Waals surface area contributed by atoms with Crippen LogP contribution in [0.15, 0.2) is 16.6 Å². The Morgan fingerprint density at radius 3 is 2.47 bits per heavy atom. The van der Waals surface area contributed by atoms with Gasteiger partial charge in [-0.1, -0.05) is 6.07 Å². The van der Waals surface area contributed by atoms with Gasteiger partial charge in [-0.2, -0.15) is 0 Å². The predicted molar refractivity (Wildman–Crippen MR) is 60.1 cm³/mol. The summed E-state index contributed by atoms with van der Waals surface area (Å²) in [7, 11) is 0. The van der Waals surface area contributed by atoms with Crippen molar-refractivity contribution in [1.82, 2.24) is 0 Å². The molecule has 15 heavy (non-hydrogen) atoms. The fourth-order valence-electron chi connectivity index (χ4n) is 1.16. The first-order valence-corrected chi connectivity index (χ1v) is 5.02. The number of carbonyl (C=O) groups excluding carboxylic acids is 1. The van der Waals surface area contributed by atoms with Crippen molar-refractivity contribution in [2.45, 2.75) is 13.8 Å². The van der Waals surface area contributed by atoms with Gasteiger partial charge in [0.25, 0.3) is 0 Å². The van der Waals surface area contributed by atoms with Crippen molar-refractivity contribution < 1.29 is 14.7 Å². The zero-order chi connectivity index (χ0) is 11.6. The highest BCUT2D eigenvalue weighted by Crippen LogP contribution is 2.29. The maximum Gasteiger partial charge on any atom is 0.337 e. The number of hydrogen-bond donors (Lipinski definition) is 2. The van der Waals surface area contributed by atoms with Crippen LogP contribution in [0.1, 0.15) is 22.8 Å². The Bertz CT molecular complexity index is 429. The summed E-state index contributed by atoms with van der Waals surface area (Å²) >= 11 is 3.25. The third-order valence-electron chi connectivity index (χ3n) is 1.87. The van der Waals surface area contributed by atoms with Gasteiger partial charge in [0, 0.05) is 11.4 Å². The molecular formula is C10H10BrNO3. The summed E-state index contributed by atoms with van der Waals surface area (Å²) in [5.41, 5.74) is 1.24. The van der Waals surface area contributed by atoms with E-state index in [1.54, 1.807) is 6.07 Å². The van der Waals surface area contributed by atoms with E-state index < -0.39 is 5.97 Å². The maximum absolute atomic E-state index is 10.9. The Morgan fingerprint density at radius 2 is 2.00 bits per heavy atom. The van der Waals surface area contributed by atoms with Crippen LogP contribution < -0.4 is 5.32 Å². The molecular weight excluding hydrogens is 262 g/mol. The van der Waals surface area contributed by atoms with Gasteiger partial charge in [-0.25, -0.2) is 4.79 Å². The molecule has 2 N–H and O–H groups in total. The minimum Gasteiger partial charge on any atom is -0.478 e. The van der Waals surface area contributed by atoms with Gasteiger partial charge in [0.1, 0.15) is 0 Å². The van der Waals surface area contributed by atoms with Crippen molar-refractivity contribution in [2.24, 2.45) is 0 Å². The van der Waals surface area contributed by atoms with E-state index in [4.69, 9.17) is 5.11 Å². The zero-order valence-corrected chi connectivity index (χ0v) is 9.88. The Morgan fingerprint density at radius 1 is 1.40 bits per heavy atom. The molecule has 0 aliphatic rings. The van der Waals surface area contributed by atoms with Gasteiger partial charge in [-0.15, -0.1) is 0 Å². The predicted octanol–water partition coefficient (Wildman–Crippen LogP) is 2.41. The van der Waals surface area contributed by atoms with Gasteiger partial charge in [-0.3, -0.25) is 4.79 Å². The second-order valence-electron chi connectivity index (χ2n) is 3.11. The van der Waals surface area contributed by atoms with Crippen molar-refractivity contribution in [1.29, 1.82) is 0 Å². The average molecular weight is 272 g/mol. The summed E-state index contributed by atoms with van der Waals surface area (Å²) in [6.07, 6.45) is 0. The van der Waals surface area contributed by atoms with Gasteiger partial charge >= 0.3 is 5.97 Å². The van der Waals surface area contributed by atoms with Crippen molar-refractivity contribution in [2.75, 3.05) is 5.32 Å². The van der Waals surface area contributed by atoms with E-state index in [1.807, 2.05) is 6.92 Å². The van der Waals surface area contributed by atoms with Crippen LogP contribution in [-0.2, 0) is 4.79 Å². The number of amides is 1. The van der Waals surface area contributed by atoms with E-state index in [0.717, 1.165) is 5.56 Å². The van der Waals surface area contributed by atoms with Gasteiger partial charge in [-0.05, 0) is 34.5 Å². The van der Waals surface area contributed by atoms with Gasteiger partial charge in [0.05, 0.1) is 11.3 Å². The van der Waals surface area contributed by atoms with Crippen LogP contribution in [0.25, 0.3) is 0 Å². The van der Waals surface area contributed by atoms with Crippen LogP contribution in [0.5, 0.6) is 0 Å². The molecule has 0 spiro atoms. The van der Waals surface area contributed by atoms with Crippen molar-refractivity contribution >= 4 is 33.5 Å². The lowest BCUT2D eigenvalue weighted by molar-refractivity contribution is -0.114. The molecule has 1 amide bonds. The van der Waals surface area contributed by atoms with Crippen molar-refractivity contribution in [3.63, 3.8) is 0 Å². The molecule has 0 heterocycles. The van der Waals surface area contributed by atoms with E-state index in [9.17, 15) is 9.59 Å². The average Bonchev–Trinajstić information content (AvgIpc) is 2.12. The molecule has 0 bridgehead atoms. The molecule has 0 radical (unpaired) electrons. The number of halogens is 1. The highest BCUT2D eigenvalue weighted by Gasteiger charge is 2.15. The summed E-state index contributed by atoms with van der Waals surface area (Å²) in [5, 5.41) is 11.4. The third kappa shape index (κ3) is 2.56.